The van der Waals surface area contributed by atoms with E-state index < -0.39 is 0 Å². The van der Waals surface area contributed by atoms with Gasteiger partial charge in [-0.1, -0.05) is 23.4 Å². The second-order valence-electron chi connectivity index (χ2n) is 7.97. The van der Waals surface area contributed by atoms with Gasteiger partial charge in [0, 0.05) is 42.8 Å². The third-order valence-electron chi connectivity index (χ3n) is 5.98. The number of nitrogens with zero attached hydrogens (tertiary/aromatic N) is 5. The number of nitrogen functional groups attached to an aromatic ring is 1. The zero-order chi connectivity index (χ0) is 20.0. The Kier molecular flexibility index (Phi) is 4.80. The number of hydrogen-bond acceptors (Lipinski definition) is 7. The molecule has 0 unspecified atom stereocenters. The number of piperidine rings is 1. The van der Waals surface area contributed by atoms with Crippen molar-refractivity contribution in [3.63, 3.8) is 0 Å². The Bertz CT molecular complexity index is 1050. The highest BCUT2D eigenvalue weighted by Crippen LogP contribution is 2.43. The summed E-state index contributed by atoms with van der Waals surface area (Å²) >= 11 is 7.82. The molecule has 152 valence electrons. The number of imidazole rings is 1. The zero-order valence-corrected chi connectivity index (χ0v) is 17.8. The van der Waals surface area contributed by atoms with Gasteiger partial charge in [-0.3, -0.25) is 4.40 Å². The normalized spacial score (nSPS) is 21.3. The lowest BCUT2D eigenvalue weighted by molar-refractivity contribution is 0.0975. The average molecular weight is 431 g/mol. The molecule has 3 aromatic rings. The number of hydrogen-bond donors (Lipinski definition) is 1. The summed E-state index contributed by atoms with van der Waals surface area (Å²) in [6, 6.07) is 1.85. The molecule has 5 rings (SSSR count). The van der Waals surface area contributed by atoms with Crippen molar-refractivity contribution < 1.29 is 4.74 Å². The lowest BCUT2D eigenvalue weighted by Gasteiger charge is -2.39. The van der Waals surface area contributed by atoms with Crippen molar-refractivity contribution in [1.29, 1.82) is 0 Å². The summed E-state index contributed by atoms with van der Waals surface area (Å²) in [5.41, 5.74) is 7.05. The van der Waals surface area contributed by atoms with Crippen molar-refractivity contribution in [2.24, 2.45) is 5.41 Å². The Balaban J connectivity index is 1.40. The average Bonchev–Trinajstić information content (AvgIpc) is 3.34. The van der Waals surface area contributed by atoms with E-state index in [-0.39, 0.29) is 0 Å². The molecule has 2 saturated heterocycles. The minimum absolute atomic E-state index is 0.327. The monoisotopic (exact) mass is 430 g/mol. The Labute approximate surface area is 178 Å². The van der Waals surface area contributed by atoms with E-state index in [0.717, 1.165) is 53.9 Å². The van der Waals surface area contributed by atoms with Gasteiger partial charge in [-0.2, -0.15) is 0 Å². The van der Waals surface area contributed by atoms with E-state index in [1.165, 1.54) is 18.2 Å². The van der Waals surface area contributed by atoms with E-state index in [1.54, 1.807) is 6.20 Å². The van der Waals surface area contributed by atoms with Crippen LogP contribution in [0.3, 0.4) is 0 Å². The van der Waals surface area contributed by atoms with E-state index in [9.17, 15) is 0 Å². The fraction of sp³-hybridized carbons (Fsp3) is 0.450. The second kappa shape index (κ2) is 7.34. The first-order valence-corrected chi connectivity index (χ1v) is 11.0. The Morgan fingerprint density at radius 3 is 2.79 bits per heavy atom. The second-order valence-corrected chi connectivity index (χ2v) is 9.43. The summed E-state index contributed by atoms with van der Waals surface area (Å²) < 4.78 is 7.92. The molecule has 2 aliphatic rings. The lowest BCUT2D eigenvalue weighted by atomic mass is 9.77. The first-order valence-electron chi connectivity index (χ1n) is 9.81. The summed E-state index contributed by atoms with van der Waals surface area (Å²) in [5, 5.41) is 0.459. The summed E-state index contributed by atoms with van der Waals surface area (Å²) in [4.78, 5) is 17.5. The molecule has 9 heteroatoms. The number of aromatic nitrogens is 4. The molecule has 2 fully saturated rings. The van der Waals surface area contributed by atoms with Gasteiger partial charge in [0.05, 0.1) is 22.6 Å². The van der Waals surface area contributed by atoms with Crippen LogP contribution in [0.15, 0.2) is 40.6 Å². The van der Waals surface area contributed by atoms with Crippen LogP contribution < -0.4 is 10.6 Å². The fourth-order valence-corrected chi connectivity index (χ4v) is 5.54. The van der Waals surface area contributed by atoms with Gasteiger partial charge in [0.1, 0.15) is 5.82 Å². The Morgan fingerprint density at radius 2 is 2.03 bits per heavy atom. The highest BCUT2D eigenvalue weighted by Gasteiger charge is 2.41. The molecule has 0 aromatic carbocycles. The summed E-state index contributed by atoms with van der Waals surface area (Å²) in [7, 11) is 0. The van der Waals surface area contributed by atoms with Crippen LogP contribution in [0.5, 0.6) is 0 Å². The Hall–Kier alpha value is -2.03. The summed E-state index contributed by atoms with van der Waals surface area (Å²) in [6.45, 7) is 5.03. The topological polar surface area (TPSA) is 81.6 Å². The molecule has 0 amide bonds. The maximum atomic E-state index is 6.32. The lowest BCUT2D eigenvalue weighted by Crippen LogP contribution is -2.41. The fourth-order valence-electron chi connectivity index (χ4n) is 4.40. The van der Waals surface area contributed by atoms with Gasteiger partial charge in [-0.05, 0) is 37.7 Å². The van der Waals surface area contributed by atoms with Crippen LogP contribution in [0.25, 0.3) is 5.65 Å². The smallest absolute Gasteiger partial charge is 0.211 e. The third kappa shape index (κ3) is 3.43. The highest BCUT2D eigenvalue weighted by atomic mass is 35.5. The van der Waals surface area contributed by atoms with Gasteiger partial charge in [-0.15, -0.1) is 0 Å². The van der Waals surface area contributed by atoms with Crippen LogP contribution in [0.2, 0.25) is 5.02 Å². The molecule has 3 aromatic heterocycles. The molecule has 7 nitrogen and oxygen atoms in total. The van der Waals surface area contributed by atoms with Crippen molar-refractivity contribution in [3.05, 3.63) is 35.9 Å². The molecule has 2 aliphatic heterocycles. The van der Waals surface area contributed by atoms with Gasteiger partial charge in [-0.25, -0.2) is 15.0 Å². The van der Waals surface area contributed by atoms with Gasteiger partial charge in [0.2, 0.25) is 5.95 Å². The van der Waals surface area contributed by atoms with Gasteiger partial charge in [0.15, 0.2) is 5.65 Å². The van der Waals surface area contributed by atoms with Crippen molar-refractivity contribution >= 4 is 40.8 Å². The molecule has 1 atom stereocenters. The standard InChI is InChI=1S/C20H23ClN6OS/c1-13-10-20(12-28-13)3-7-26(8-4-20)19-25-11-15(18-24-6-9-27(18)19)29-14-2-5-23-17(22)16(14)21/h2,5-6,9,11,13H,3-4,7-8,10,12H2,1H3,(H2,22,23)/t13-/m0/s1. The number of fused-ring (bicyclic) bond motifs is 1. The molecule has 0 aliphatic carbocycles. The maximum absolute atomic E-state index is 6.32. The first-order chi connectivity index (χ1) is 14.0. The van der Waals surface area contributed by atoms with Crippen LogP contribution >= 0.6 is 23.4 Å². The molecule has 0 saturated carbocycles. The van der Waals surface area contributed by atoms with Crippen LogP contribution in [-0.4, -0.2) is 45.2 Å². The number of rotatable bonds is 3. The van der Waals surface area contributed by atoms with Crippen LogP contribution in [0, 0.1) is 5.41 Å². The highest BCUT2D eigenvalue weighted by molar-refractivity contribution is 7.99. The number of pyridine rings is 1. The largest absolute Gasteiger partial charge is 0.382 e. The van der Waals surface area contributed by atoms with Gasteiger partial charge >= 0.3 is 0 Å². The molecule has 2 N–H and O–H groups in total. The molecule has 0 radical (unpaired) electrons. The first kappa shape index (κ1) is 19.0. The van der Waals surface area contributed by atoms with Gasteiger partial charge in [0.25, 0.3) is 0 Å². The van der Waals surface area contributed by atoms with Crippen molar-refractivity contribution in [3.8, 4) is 0 Å². The minimum Gasteiger partial charge on any atom is -0.382 e. The van der Waals surface area contributed by atoms with E-state index in [0.29, 0.717) is 22.4 Å². The maximum Gasteiger partial charge on any atom is 0.211 e. The van der Waals surface area contributed by atoms with Crippen molar-refractivity contribution in [2.75, 3.05) is 30.3 Å². The predicted octanol–water partition coefficient (Wildman–Crippen LogP) is 3.91. The number of ether oxygens (including phenoxy) is 1. The number of anilines is 2. The molecule has 29 heavy (non-hydrogen) atoms. The van der Waals surface area contributed by atoms with E-state index in [4.69, 9.17) is 27.1 Å². The molecule has 1 spiro atoms. The molecular weight excluding hydrogens is 408 g/mol. The number of nitrogens with two attached hydrogens (primary N) is 1. The van der Waals surface area contributed by atoms with E-state index in [2.05, 4.69) is 26.2 Å². The molecule has 0 bridgehead atoms. The third-order valence-corrected chi connectivity index (χ3v) is 7.55. The van der Waals surface area contributed by atoms with Crippen LogP contribution in [0.4, 0.5) is 11.8 Å². The minimum atomic E-state index is 0.327. The predicted molar refractivity (Wildman–Crippen MR) is 115 cm³/mol. The van der Waals surface area contributed by atoms with E-state index >= 15 is 0 Å². The Morgan fingerprint density at radius 1 is 1.21 bits per heavy atom. The van der Waals surface area contributed by atoms with E-state index in [1.807, 2.05) is 24.7 Å². The van der Waals surface area contributed by atoms with Crippen molar-refractivity contribution in [2.45, 2.75) is 42.1 Å². The summed E-state index contributed by atoms with van der Waals surface area (Å²) in [5.74, 6) is 1.26. The molecular formula is C20H23ClN6OS. The van der Waals surface area contributed by atoms with Crippen LogP contribution in [-0.2, 0) is 4.74 Å². The number of halogens is 1. The summed E-state index contributed by atoms with van der Waals surface area (Å²) in [6.07, 6.45) is 11.1. The van der Waals surface area contributed by atoms with Gasteiger partial charge < -0.3 is 15.4 Å². The molecule has 5 heterocycles. The quantitative estimate of drug-likeness (QED) is 0.674. The SMILES string of the molecule is C[C@H]1CC2(CCN(c3ncc(Sc4ccnc(N)c4Cl)c4nccn34)CC2)CO1. The zero-order valence-electron chi connectivity index (χ0n) is 16.2. The van der Waals surface area contributed by atoms with Crippen molar-refractivity contribution in [1.82, 2.24) is 19.4 Å². The van der Waals surface area contributed by atoms with Crippen LogP contribution in [0.1, 0.15) is 26.2 Å².